The van der Waals surface area contributed by atoms with Gasteiger partial charge in [0.05, 0.1) is 10.9 Å². The zero-order chi connectivity index (χ0) is 17.5. The van der Waals surface area contributed by atoms with Gasteiger partial charge >= 0.3 is 0 Å². The highest BCUT2D eigenvalue weighted by Crippen LogP contribution is 2.30. The summed E-state index contributed by atoms with van der Waals surface area (Å²) in [5.41, 5.74) is 1.73. The molecule has 3 rings (SSSR count). The van der Waals surface area contributed by atoms with Crippen LogP contribution in [0.2, 0.25) is 0 Å². The van der Waals surface area contributed by atoms with Crippen molar-refractivity contribution in [2.75, 3.05) is 4.72 Å². The lowest BCUT2D eigenvalue weighted by molar-refractivity contribution is 0.600. The first kappa shape index (κ1) is 16.7. The van der Waals surface area contributed by atoms with Crippen LogP contribution in [0.4, 0.5) is 10.1 Å². The van der Waals surface area contributed by atoms with Gasteiger partial charge in [0.25, 0.3) is 5.56 Å². The third-order valence-corrected chi connectivity index (χ3v) is 5.97. The average molecular weight is 350 g/mol. The lowest BCUT2D eigenvalue weighted by atomic mass is 10.0. The Morgan fingerprint density at radius 3 is 2.58 bits per heavy atom. The smallest absolute Gasteiger partial charge is 0.250 e. The first-order valence-electron chi connectivity index (χ1n) is 7.72. The van der Waals surface area contributed by atoms with E-state index in [1.165, 1.54) is 22.9 Å². The van der Waals surface area contributed by atoms with E-state index in [0.29, 0.717) is 29.7 Å². The molecule has 1 aliphatic rings. The Balaban J connectivity index is 1.99. The Labute approximate surface area is 140 Å². The van der Waals surface area contributed by atoms with Crippen molar-refractivity contribution in [3.05, 3.63) is 63.3 Å². The molecule has 128 valence electrons. The molecule has 0 amide bonds. The summed E-state index contributed by atoms with van der Waals surface area (Å²) >= 11 is 0. The van der Waals surface area contributed by atoms with Gasteiger partial charge in [-0.2, -0.15) is 0 Å². The Kier molecular flexibility index (Phi) is 4.21. The maximum absolute atomic E-state index is 14.1. The molecular weight excluding hydrogens is 331 g/mol. The highest BCUT2D eigenvalue weighted by Gasteiger charge is 2.36. The van der Waals surface area contributed by atoms with Crippen LogP contribution in [0.5, 0.6) is 0 Å². The van der Waals surface area contributed by atoms with Gasteiger partial charge < -0.3 is 4.57 Å². The molecule has 0 aliphatic heterocycles. The fraction of sp³-hybridized carbons (Fsp3) is 0.353. The summed E-state index contributed by atoms with van der Waals surface area (Å²) < 4.78 is 42.4. The van der Waals surface area contributed by atoms with Crippen LogP contribution in [-0.4, -0.2) is 18.2 Å². The van der Waals surface area contributed by atoms with Crippen LogP contribution in [0.25, 0.3) is 0 Å². The number of nitrogens with one attached hydrogen (secondary N) is 1. The van der Waals surface area contributed by atoms with Gasteiger partial charge in [0, 0.05) is 25.7 Å². The second kappa shape index (κ2) is 6.05. The Morgan fingerprint density at radius 1 is 1.25 bits per heavy atom. The molecule has 1 N–H and O–H groups in total. The summed E-state index contributed by atoms with van der Waals surface area (Å²) in [4.78, 5) is 11.9. The van der Waals surface area contributed by atoms with Crippen LogP contribution in [0.1, 0.15) is 29.5 Å². The predicted octanol–water partition coefficient (Wildman–Crippen LogP) is 2.33. The maximum Gasteiger partial charge on any atom is 0.250 e. The molecule has 0 unspecified atom stereocenters. The number of rotatable bonds is 5. The number of anilines is 1. The molecule has 24 heavy (non-hydrogen) atoms. The van der Waals surface area contributed by atoms with E-state index in [0.717, 1.165) is 5.56 Å². The minimum atomic E-state index is -3.46. The van der Waals surface area contributed by atoms with Crippen molar-refractivity contribution < 1.29 is 12.8 Å². The van der Waals surface area contributed by atoms with Crippen LogP contribution in [0.15, 0.2) is 35.3 Å². The first-order valence-corrected chi connectivity index (χ1v) is 9.27. The van der Waals surface area contributed by atoms with Crippen molar-refractivity contribution in [3.8, 4) is 0 Å². The van der Waals surface area contributed by atoms with Gasteiger partial charge in [-0.05, 0) is 42.5 Å². The monoisotopic (exact) mass is 350 g/mol. The Bertz CT molecular complexity index is 947. The van der Waals surface area contributed by atoms with E-state index in [1.807, 2.05) is 0 Å². The van der Waals surface area contributed by atoms with Crippen molar-refractivity contribution in [3.63, 3.8) is 0 Å². The zero-order valence-corrected chi connectivity index (χ0v) is 14.4. The molecule has 1 saturated carbocycles. The lowest BCUT2D eigenvalue weighted by Gasteiger charge is -2.14. The van der Waals surface area contributed by atoms with Gasteiger partial charge in [0.15, 0.2) is 0 Å². The summed E-state index contributed by atoms with van der Waals surface area (Å²) in [7, 11) is -1.91. The van der Waals surface area contributed by atoms with Crippen LogP contribution in [0, 0.1) is 12.7 Å². The number of hydrogen-bond donors (Lipinski definition) is 1. The standard InChI is InChI=1S/C17H19FN2O3S/c1-11-3-4-12(15(18)7-11)8-13-9-17(21)20(2)10-16(13)19-24(22,23)14-5-6-14/h3-4,7,9-10,14,19H,5-6,8H2,1-2H3. The van der Waals surface area contributed by atoms with Crippen molar-refractivity contribution in [1.82, 2.24) is 4.57 Å². The van der Waals surface area contributed by atoms with Crippen molar-refractivity contribution in [1.29, 1.82) is 0 Å². The topological polar surface area (TPSA) is 68.2 Å². The van der Waals surface area contributed by atoms with Gasteiger partial charge in [0.2, 0.25) is 10.0 Å². The molecule has 0 radical (unpaired) electrons. The van der Waals surface area contributed by atoms with Crippen molar-refractivity contribution in [2.24, 2.45) is 7.05 Å². The van der Waals surface area contributed by atoms with Crippen LogP contribution in [-0.2, 0) is 23.5 Å². The summed E-state index contributed by atoms with van der Waals surface area (Å²) in [5.74, 6) is -0.369. The van der Waals surface area contributed by atoms with Gasteiger partial charge in [0.1, 0.15) is 5.82 Å². The molecule has 5 nitrogen and oxygen atoms in total. The average Bonchev–Trinajstić information content (AvgIpc) is 3.32. The number of pyridine rings is 1. The minimum absolute atomic E-state index is 0.144. The van der Waals surface area contributed by atoms with Crippen LogP contribution < -0.4 is 10.3 Å². The summed E-state index contributed by atoms with van der Waals surface area (Å²) in [6.07, 6.45) is 2.88. The van der Waals surface area contributed by atoms with E-state index in [2.05, 4.69) is 4.72 Å². The number of nitrogens with zero attached hydrogens (tertiary/aromatic N) is 1. The summed E-state index contributed by atoms with van der Waals surface area (Å²) in [5, 5.41) is -0.376. The van der Waals surface area contributed by atoms with Gasteiger partial charge in [-0.1, -0.05) is 12.1 Å². The van der Waals surface area contributed by atoms with Crippen molar-refractivity contribution >= 4 is 15.7 Å². The Morgan fingerprint density at radius 2 is 1.96 bits per heavy atom. The van der Waals surface area contributed by atoms with E-state index >= 15 is 0 Å². The molecule has 2 aromatic rings. The van der Waals surface area contributed by atoms with E-state index in [9.17, 15) is 17.6 Å². The molecular formula is C17H19FN2O3S. The summed E-state index contributed by atoms with van der Waals surface area (Å²) in [6, 6.07) is 6.21. The molecule has 1 fully saturated rings. The third-order valence-electron chi connectivity index (χ3n) is 4.12. The fourth-order valence-corrected chi connectivity index (χ4v) is 3.94. The van der Waals surface area contributed by atoms with E-state index < -0.39 is 10.0 Å². The quantitative estimate of drug-likeness (QED) is 0.900. The lowest BCUT2D eigenvalue weighted by Crippen LogP contribution is -2.23. The number of halogens is 1. The van der Waals surface area contributed by atoms with Gasteiger partial charge in [-0.25, -0.2) is 12.8 Å². The normalized spacial score (nSPS) is 14.6. The SMILES string of the molecule is Cc1ccc(Cc2cc(=O)n(C)cc2NS(=O)(=O)C2CC2)c(F)c1. The second-order valence-electron chi connectivity index (χ2n) is 6.28. The van der Waals surface area contributed by atoms with Crippen LogP contribution >= 0.6 is 0 Å². The zero-order valence-electron chi connectivity index (χ0n) is 13.5. The third kappa shape index (κ3) is 3.51. The van der Waals surface area contributed by atoms with E-state index in [4.69, 9.17) is 0 Å². The highest BCUT2D eigenvalue weighted by atomic mass is 32.2. The number of aryl methyl sites for hydroxylation is 2. The van der Waals surface area contributed by atoms with Crippen molar-refractivity contribution in [2.45, 2.75) is 31.4 Å². The molecule has 1 aliphatic carbocycles. The number of hydrogen-bond acceptors (Lipinski definition) is 3. The fourth-order valence-electron chi connectivity index (χ4n) is 2.52. The molecule has 7 heteroatoms. The summed E-state index contributed by atoms with van der Waals surface area (Å²) in [6.45, 7) is 1.79. The molecule has 0 saturated heterocycles. The van der Waals surface area contributed by atoms with E-state index in [-0.39, 0.29) is 23.0 Å². The number of sulfonamides is 1. The molecule has 0 atom stereocenters. The Hall–Kier alpha value is -2.15. The number of benzene rings is 1. The maximum atomic E-state index is 14.1. The van der Waals surface area contributed by atoms with Crippen LogP contribution in [0.3, 0.4) is 0 Å². The van der Waals surface area contributed by atoms with Gasteiger partial charge in [-0.3, -0.25) is 9.52 Å². The highest BCUT2D eigenvalue weighted by molar-refractivity contribution is 7.93. The molecule has 0 spiro atoms. The molecule has 1 aromatic carbocycles. The predicted molar refractivity (Wildman–Crippen MR) is 91.2 cm³/mol. The van der Waals surface area contributed by atoms with E-state index in [1.54, 1.807) is 26.1 Å². The molecule has 1 heterocycles. The van der Waals surface area contributed by atoms with Gasteiger partial charge in [-0.15, -0.1) is 0 Å². The molecule has 0 bridgehead atoms. The molecule has 1 aromatic heterocycles. The number of aromatic nitrogens is 1. The second-order valence-corrected chi connectivity index (χ2v) is 8.24. The largest absolute Gasteiger partial charge is 0.316 e. The minimum Gasteiger partial charge on any atom is -0.316 e. The first-order chi connectivity index (χ1) is 11.3.